The van der Waals surface area contributed by atoms with Crippen LogP contribution in [0, 0.1) is 15.2 Å². The highest BCUT2D eigenvalue weighted by molar-refractivity contribution is 14.1. The van der Waals surface area contributed by atoms with Gasteiger partial charge in [0.2, 0.25) is 0 Å². The van der Waals surface area contributed by atoms with Gasteiger partial charge in [0.25, 0.3) is 0 Å². The van der Waals surface area contributed by atoms with E-state index in [0.717, 1.165) is 15.2 Å². The summed E-state index contributed by atoms with van der Waals surface area (Å²) in [5, 5.41) is 10.4. The van der Waals surface area contributed by atoms with Gasteiger partial charge in [0.05, 0.1) is 5.60 Å². The molecule has 0 aliphatic heterocycles. The van der Waals surface area contributed by atoms with E-state index >= 15 is 0 Å². The van der Waals surface area contributed by atoms with E-state index in [9.17, 15) is 13.9 Å². The van der Waals surface area contributed by atoms with Crippen molar-refractivity contribution in [1.82, 2.24) is 0 Å². The molecule has 1 unspecified atom stereocenters. The zero-order chi connectivity index (χ0) is 14.0. The number of halogens is 3. The van der Waals surface area contributed by atoms with E-state index in [2.05, 4.69) is 22.6 Å². The third-order valence-electron chi connectivity index (χ3n) is 2.99. The van der Waals surface area contributed by atoms with Gasteiger partial charge in [0.1, 0.15) is 0 Å². The van der Waals surface area contributed by atoms with Crippen LogP contribution in [0.15, 0.2) is 42.5 Å². The van der Waals surface area contributed by atoms with E-state index in [4.69, 9.17) is 0 Å². The second-order valence-corrected chi connectivity index (χ2v) is 5.92. The molecule has 0 saturated carbocycles. The highest BCUT2D eigenvalue weighted by atomic mass is 127. The predicted octanol–water partition coefficient (Wildman–Crippen LogP) is 4.02. The van der Waals surface area contributed by atoms with Crippen molar-refractivity contribution in [3.63, 3.8) is 0 Å². The molecular weight excluding hydrogens is 361 g/mol. The summed E-state index contributed by atoms with van der Waals surface area (Å²) in [4.78, 5) is 0. The Morgan fingerprint density at radius 2 is 1.74 bits per heavy atom. The van der Waals surface area contributed by atoms with Crippen molar-refractivity contribution in [2.45, 2.75) is 18.9 Å². The fourth-order valence-electron chi connectivity index (χ4n) is 2.01. The molecule has 0 spiro atoms. The largest absolute Gasteiger partial charge is 0.385 e. The molecule has 100 valence electrons. The molecule has 1 N–H and O–H groups in total. The van der Waals surface area contributed by atoms with Gasteiger partial charge in [-0.3, -0.25) is 0 Å². The molecule has 0 bridgehead atoms. The molecule has 4 heteroatoms. The molecule has 1 atom stereocenters. The van der Waals surface area contributed by atoms with E-state index in [0.29, 0.717) is 0 Å². The summed E-state index contributed by atoms with van der Waals surface area (Å²) in [5.74, 6) is -1.93. The predicted molar refractivity (Wildman–Crippen MR) is 78.8 cm³/mol. The van der Waals surface area contributed by atoms with Crippen molar-refractivity contribution >= 4 is 22.6 Å². The number of benzene rings is 2. The minimum atomic E-state index is -1.45. The highest BCUT2D eigenvalue weighted by Crippen LogP contribution is 2.28. The first kappa shape index (κ1) is 14.4. The van der Waals surface area contributed by atoms with Crippen LogP contribution in [0.2, 0.25) is 0 Å². The van der Waals surface area contributed by atoms with Crippen LogP contribution in [0.1, 0.15) is 18.1 Å². The van der Waals surface area contributed by atoms with Gasteiger partial charge in [-0.15, -0.1) is 0 Å². The van der Waals surface area contributed by atoms with Crippen LogP contribution in [0.5, 0.6) is 0 Å². The van der Waals surface area contributed by atoms with E-state index in [1.54, 1.807) is 0 Å². The lowest BCUT2D eigenvalue weighted by atomic mass is 9.88. The monoisotopic (exact) mass is 374 g/mol. The summed E-state index contributed by atoms with van der Waals surface area (Å²) in [5.41, 5.74) is -0.598. The quantitative estimate of drug-likeness (QED) is 0.805. The summed E-state index contributed by atoms with van der Waals surface area (Å²) >= 11 is 2.18. The van der Waals surface area contributed by atoms with Gasteiger partial charge in [0, 0.05) is 15.6 Å². The molecule has 2 aromatic rings. The Kier molecular flexibility index (Phi) is 4.20. The lowest BCUT2D eigenvalue weighted by Crippen LogP contribution is -2.26. The van der Waals surface area contributed by atoms with Gasteiger partial charge < -0.3 is 5.11 Å². The molecule has 0 aromatic heterocycles. The summed E-state index contributed by atoms with van der Waals surface area (Å²) in [6.45, 7) is 1.49. The van der Waals surface area contributed by atoms with Crippen LogP contribution in [0.3, 0.4) is 0 Å². The second kappa shape index (κ2) is 5.54. The molecule has 2 rings (SSSR count). The van der Waals surface area contributed by atoms with Crippen molar-refractivity contribution < 1.29 is 13.9 Å². The molecule has 0 heterocycles. The van der Waals surface area contributed by atoms with Crippen LogP contribution >= 0.6 is 22.6 Å². The highest BCUT2D eigenvalue weighted by Gasteiger charge is 2.28. The smallest absolute Gasteiger partial charge is 0.164 e. The molecular formula is C15H13F2IO. The average molecular weight is 374 g/mol. The topological polar surface area (TPSA) is 20.2 Å². The SMILES string of the molecule is CC(O)(Cc1ccc(I)cc1)c1cccc(F)c1F. The van der Waals surface area contributed by atoms with E-state index in [-0.39, 0.29) is 12.0 Å². The number of hydrogen-bond donors (Lipinski definition) is 1. The third-order valence-corrected chi connectivity index (χ3v) is 3.71. The standard InChI is InChI=1S/C15H13F2IO/c1-15(19,9-10-5-7-11(18)8-6-10)12-3-2-4-13(16)14(12)17/h2-8,19H,9H2,1H3. The molecule has 0 aliphatic carbocycles. The molecule has 0 aliphatic rings. The molecule has 0 fully saturated rings. The Labute approximate surface area is 124 Å². The van der Waals surface area contributed by atoms with Crippen LogP contribution in [0.4, 0.5) is 8.78 Å². The van der Waals surface area contributed by atoms with Crippen LogP contribution in [-0.4, -0.2) is 5.11 Å². The maximum absolute atomic E-state index is 13.7. The third kappa shape index (κ3) is 3.30. The fourth-order valence-corrected chi connectivity index (χ4v) is 2.37. The van der Waals surface area contributed by atoms with Crippen LogP contribution in [0.25, 0.3) is 0 Å². The van der Waals surface area contributed by atoms with Crippen LogP contribution in [-0.2, 0) is 12.0 Å². The van der Waals surface area contributed by atoms with Crippen molar-refractivity contribution in [1.29, 1.82) is 0 Å². The zero-order valence-corrected chi connectivity index (χ0v) is 12.5. The van der Waals surface area contributed by atoms with E-state index in [1.807, 2.05) is 24.3 Å². The summed E-state index contributed by atoms with van der Waals surface area (Å²) in [6.07, 6.45) is 0.226. The Balaban J connectivity index is 2.31. The Morgan fingerprint density at radius 1 is 1.11 bits per heavy atom. The molecule has 19 heavy (non-hydrogen) atoms. The maximum atomic E-state index is 13.7. The molecule has 0 radical (unpaired) electrons. The number of rotatable bonds is 3. The normalized spacial score (nSPS) is 14.2. The molecule has 1 nitrogen and oxygen atoms in total. The van der Waals surface area contributed by atoms with Crippen molar-refractivity contribution in [2.75, 3.05) is 0 Å². The molecule has 0 amide bonds. The van der Waals surface area contributed by atoms with Crippen molar-refractivity contribution in [3.8, 4) is 0 Å². The van der Waals surface area contributed by atoms with Crippen molar-refractivity contribution in [3.05, 3.63) is 68.8 Å². The van der Waals surface area contributed by atoms with Gasteiger partial charge in [-0.1, -0.05) is 24.3 Å². The van der Waals surface area contributed by atoms with Crippen LogP contribution < -0.4 is 0 Å². The first-order chi connectivity index (χ1) is 8.90. The Bertz CT molecular complexity index is 579. The Hall–Kier alpha value is -1.01. The van der Waals surface area contributed by atoms with Gasteiger partial charge >= 0.3 is 0 Å². The van der Waals surface area contributed by atoms with Gasteiger partial charge in [-0.05, 0) is 53.3 Å². The van der Waals surface area contributed by atoms with E-state index < -0.39 is 17.2 Å². The number of aliphatic hydroxyl groups is 1. The minimum absolute atomic E-state index is 0.0222. The van der Waals surface area contributed by atoms with Gasteiger partial charge in [-0.25, -0.2) is 8.78 Å². The Morgan fingerprint density at radius 3 is 2.37 bits per heavy atom. The summed E-state index contributed by atoms with van der Waals surface area (Å²) < 4.78 is 28.0. The molecule has 2 aromatic carbocycles. The first-order valence-electron chi connectivity index (χ1n) is 5.81. The first-order valence-corrected chi connectivity index (χ1v) is 6.89. The fraction of sp³-hybridized carbons (Fsp3) is 0.200. The van der Waals surface area contributed by atoms with Gasteiger partial charge in [-0.2, -0.15) is 0 Å². The second-order valence-electron chi connectivity index (χ2n) is 4.68. The lowest BCUT2D eigenvalue weighted by Gasteiger charge is -2.24. The van der Waals surface area contributed by atoms with Gasteiger partial charge in [0.15, 0.2) is 11.6 Å². The van der Waals surface area contributed by atoms with E-state index in [1.165, 1.54) is 19.1 Å². The zero-order valence-electron chi connectivity index (χ0n) is 10.3. The van der Waals surface area contributed by atoms with Crippen molar-refractivity contribution in [2.24, 2.45) is 0 Å². The summed E-state index contributed by atoms with van der Waals surface area (Å²) in [7, 11) is 0. The lowest BCUT2D eigenvalue weighted by molar-refractivity contribution is 0.0530. The molecule has 0 saturated heterocycles. The average Bonchev–Trinajstić information content (AvgIpc) is 2.35. The summed E-state index contributed by atoms with van der Waals surface area (Å²) in [6, 6.07) is 11.4. The minimum Gasteiger partial charge on any atom is -0.385 e. The maximum Gasteiger partial charge on any atom is 0.164 e. The number of hydrogen-bond acceptors (Lipinski definition) is 1.